The quantitative estimate of drug-likeness (QED) is 0.754. The van der Waals surface area contributed by atoms with E-state index in [9.17, 15) is 4.79 Å². The molecule has 24 heavy (non-hydrogen) atoms. The summed E-state index contributed by atoms with van der Waals surface area (Å²) in [5.41, 5.74) is 0.164. The number of nitrogens with one attached hydrogen (secondary N) is 1. The van der Waals surface area contributed by atoms with Crippen LogP contribution in [0.3, 0.4) is 0 Å². The van der Waals surface area contributed by atoms with Crippen molar-refractivity contribution in [3.05, 3.63) is 16.1 Å². The van der Waals surface area contributed by atoms with Crippen LogP contribution in [0.4, 0.5) is 0 Å². The highest BCUT2D eigenvalue weighted by Crippen LogP contribution is 2.34. The van der Waals surface area contributed by atoms with Gasteiger partial charge in [-0.1, -0.05) is 20.8 Å². The minimum atomic E-state index is -0.704. The van der Waals surface area contributed by atoms with E-state index < -0.39 is 5.97 Å². The summed E-state index contributed by atoms with van der Waals surface area (Å²) in [6, 6.07) is 0.924. The lowest BCUT2D eigenvalue weighted by atomic mass is 9.85. The molecule has 0 radical (unpaired) electrons. The van der Waals surface area contributed by atoms with Crippen LogP contribution < -0.4 is 5.32 Å². The highest BCUT2D eigenvalue weighted by molar-refractivity contribution is 7.11. The average molecular weight is 352 g/mol. The van der Waals surface area contributed by atoms with Crippen molar-refractivity contribution < 1.29 is 9.90 Å². The fraction of sp³-hybridized carbons (Fsp3) is 0.778. The highest BCUT2D eigenvalue weighted by Gasteiger charge is 2.36. The maximum Gasteiger partial charge on any atom is 0.317 e. The van der Waals surface area contributed by atoms with Crippen LogP contribution >= 0.6 is 11.3 Å². The molecule has 0 saturated heterocycles. The number of aliphatic carboxylic acids is 1. The number of thiazole rings is 1. The number of nitrogens with zero attached hydrogens (tertiary/aromatic N) is 2. The summed E-state index contributed by atoms with van der Waals surface area (Å²) in [5, 5.41) is 13.8. The Morgan fingerprint density at radius 1 is 1.42 bits per heavy atom. The number of rotatable bonds is 8. The van der Waals surface area contributed by atoms with Crippen LogP contribution in [0.2, 0.25) is 0 Å². The van der Waals surface area contributed by atoms with Gasteiger partial charge in [0.05, 0.1) is 6.54 Å². The first-order chi connectivity index (χ1) is 11.3. The molecule has 3 rings (SSSR count). The Balaban J connectivity index is 1.42. The van der Waals surface area contributed by atoms with Gasteiger partial charge >= 0.3 is 5.97 Å². The first-order valence-electron chi connectivity index (χ1n) is 8.95. The van der Waals surface area contributed by atoms with Crippen LogP contribution in [-0.2, 0) is 16.8 Å². The number of carboxylic acid groups (broad SMARTS) is 1. The molecule has 1 heterocycles. The van der Waals surface area contributed by atoms with Gasteiger partial charge in [-0.05, 0) is 37.0 Å². The molecule has 0 aromatic carbocycles. The van der Waals surface area contributed by atoms with E-state index >= 15 is 0 Å². The Morgan fingerprint density at radius 2 is 2.12 bits per heavy atom. The van der Waals surface area contributed by atoms with Crippen LogP contribution in [-0.4, -0.2) is 46.1 Å². The van der Waals surface area contributed by atoms with Gasteiger partial charge in [-0.25, -0.2) is 4.98 Å². The summed E-state index contributed by atoms with van der Waals surface area (Å²) in [7, 11) is 0. The fourth-order valence-electron chi connectivity index (χ4n) is 3.17. The van der Waals surface area contributed by atoms with E-state index in [1.807, 2.05) is 6.20 Å². The Kier molecular flexibility index (Phi) is 5.27. The SMILES string of the molecule is CC(C)(C)c1cnc(CNC2CC(N(CC(=O)O)CC3CC3)C2)s1. The minimum absolute atomic E-state index is 0.164. The first kappa shape index (κ1) is 17.8. The van der Waals surface area contributed by atoms with Gasteiger partial charge in [-0.3, -0.25) is 9.69 Å². The zero-order valence-corrected chi connectivity index (χ0v) is 15.7. The molecule has 2 aliphatic carbocycles. The van der Waals surface area contributed by atoms with Gasteiger partial charge in [0.2, 0.25) is 0 Å². The van der Waals surface area contributed by atoms with Crippen molar-refractivity contribution in [2.45, 2.75) is 70.5 Å². The molecule has 2 fully saturated rings. The van der Waals surface area contributed by atoms with Crippen LogP contribution in [0.15, 0.2) is 6.20 Å². The first-order valence-corrected chi connectivity index (χ1v) is 9.77. The van der Waals surface area contributed by atoms with E-state index in [0.29, 0.717) is 12.1 Å². The number of hydrogen-bond donors (Lipinski definition) is 2. The summed E-state index contributed by atoms with van der Waals surface area (Å²) in [6.07, 6.45) is 6.64. The van der Waals surface area contributed by atoms with Crippen molar-refractivity contribution in [3.63, 3.8) is 0 Å². The van der Waals surface area contributed by atoms with Crippen LogP contribution in [0, 0.1) is 5.92 Å². The van der Waals surface area contributed by atoms with Gasteiger partial charge in [0.25, 0.3) is 0 Å². The molecule has 0 bridgehead atoms. The molecule has 1 aromatic heterocycles. The van der Waals surface area contributed by atoms with Crippen molar-refractivity contribution in [1.82, 2.24) is 15.2 Å². The molecule has 0 amide bonds. The van der Waals surface area contributed by atoms with Crippen molar-refractivity contribution in [1.29, 1.82) is 0 Å². The predicted octanol–water partition coefficient (Wildman–Crippen LogP) is 2.86. The van der Waals surface area contributed by atoms with Gasteiger partial charge in [-0.15, -0.1) is 11.3 Å². The average Bonchev–Trinajstić information content (AvgIpc) is 3.09. The summed E-state index contributed by atoms with van der Waals surface area (Å²) in [4.78, 5) is 19.1. The van der Waals surface area contributed by atoms with E-state index in [-0.39, 0.29) is 12.0 Å². The predicted molar refractivity (Wildman–Crippen MR) is 96.4 cm³/mol. The number of aromatic nitrogens is 1. The molecular formula is C18H29N3O2S. The highest BCUT2D eigenvalue weighted by atomic mass is 32.1. The number of carboxylic acids is 1. The maximum absolute atomic E-state index is 11.1. The van der Waals surface area contributed by atoms with E-state index in [1.165, 1.54) is 17.7 Å². The smallest absolute Gasteiger partial charge is 0.317 e. The monoisotopic (exact) mass is 351 g/mol. The van der Waals surface area contributed by atoms with Crippen LogP contribution in [0.25, 0.3) is 0 Å². The molecule has 6 heteroatoms. The molecular weight excluding hydrogens is 322 g/mol. The summed E-state index contributed by atoms with van der Waals surface area (Å²) in [6.45, 7) is 8.61. The molecule has 0 unspecified atom stereocenters. The van der Waals surface area contributed by atoms with Gasteiger partial charge in [0, 0.05) is 36.2 Å². The Bertz CT molecular complexity index is 571. The van der Waals surface area contributed by atoms with Gasteiger partial charge < -0.3 is 10.4 Å². The van der Waals surface area contributed by atoms with E-state index in [2.05, 4.69) is 36.0 Å². The van der Waals surface area contributed by atoms with Crippen molar-refractivity contribution in [2.24, 2.45) is 5.92 Å². The standard InChI is InChI=1S/C18H29N3O2S/c1-18(2,3)15-8-20-16(24-15)9-19-13-6-14(7-13)21(11-17(22)23)10-12-4-5-12/h8,12-14,19H,4-7,9-11H2,1-3H3,(H,22,23). The Morgan fingerprint density at radius 3 is 2.67 bits per heavy atom. The van der Waals surface area contributed by atoms with E-state index in [0.717, 1.165) is 36.9 Å². The fourth-order valence-corrected chi connectivity index (χ4v) is 4.10. The molecule has 1 aromatic rings. The normalized spacial score (nSPS) is 24.2. The Labute approximate surface area is 148 Å². The molecule has 0 atom stereocenters. The van der Waals surface area contributed by atoms with Gasteiger partial charge in [-0.2, -0.15) is 0 Å². The van der Waals surface area contributed by atoms with Crippen LogP contribution in [0.5, 0.6) is 0 Å². The zero-order valence-electron chi connectivity index (χ0n) is 14.9. The second-order valence-corrected chi connectivity index (χ2v) is 9.45. The second kappa shape index (κ2) is 7.10. The zero-order chi connectivity index (χ0) is 17.3. The number of hydrogen-bond acceptors (Lipinski definition) is 5. The third kappa shape index (κ3) is 4.77. The molecule has 0 spiro atoms. The Hall–Kier alpha value is -0.980. The molecule has 5 nitrogen and oxygen atoms in total. The molecule has 134 valence electrons. The molecule has 2 saturated carbocycles. The van der Waals surface area contributed by atoms with E-state index in [4.69, 9.17) is 5.11 Å². The summed E-state index contributed by atoms with van der Waals surface area (Å²) in [5.74, 6) is 0.0343. The summed E-state index contributed by atoms with van der Waals surface area (Å²) < 4.78 is 0. The lowest BCUT2D eigenvalue weighted by Gasteiger charge is -2.42. The number of carbonyl (C=O) groups is 1. The topological polar surface area (TPSA) is 65.5 Å². The third-order valence-electron chi connectivity index (χ3n) is 4.99. The maximum atomic E-state index is 11.1. The van der Waals surface area contributed by atoms with E-state index in [1.54, 1.807) is 11.3 Å². The summed E-state index contributed by atoms with van der Waals surface area (Å²) >= 11 is 1.79. The van der Waals surface area contributed by atoms with Crippen molar-refractivity contribution >= 4 is 17.3 Å². The molecule has 0 aliphatic heterocycles. The van der Waals surface area contributed by atoms with Gasteiger partial charge in [0.15, 0.2) is 0 Å². The lowest BCUT2D eigenvalue weighted by Crippen LogP contribution is -2.54. The second-order valence-electron chi connectivity index (χ2n) is 8.34. The molecule has 2 N–H and O–H groups in total. The van der Waals surface area contributed by atoms with Crippen LogP contribution in [0.1, 0.15) is 56.3 Å². The molecule has 2 aliphatic rings. The van der Waals surface area contributed by atoms with Gasteiger partial charge in [0.1, 0.15) is 5.01 Å². The van der Waals surface area contributed by atoms with Crippen molar-refractivity contribution in [2.75, 3.05) is 13.1 Å². The lowest BCUT2D eigenvalue weighted by molar-refractivity contribution is -0.139. The largest absolute Gasteiger partial charge is 0.480 e. The third-order valence-corrected chi connectivity index (χ3v) is 6.42. The van der Waals surface area contributed by atoms with Crippen molar-refractivity contribution in [3.8, 4) is 0 Å². The minimum Gasteiger partial charge on any atom is -0.480 e.